The molecular formula is C21H19N3OS3. The van der Waals surface area contributed by atoms with Crippen LogP contribution in [0.5, 0.6) is 0 Å². The molecule has 0 radical (unpaired) electrons. The van der Waals surface area contributed by atoms with E-state index >= 15 is 0 Å². The van der Waals surface area contributed by atoms with Gasteiger partial charge in [0.2, 0.25) is 0 Å². The Morgan fingerprint density at radius 3 is 2.61 bits per heavy atom. The third-order valence-electron chi connectivity index (χ3n) is 4.20. The number of anilines is 1. The first-order valence-electron chi connectivity index (χ1n) is 8.65. The van der Waals surface area contributed by atoms with Crippen LogP contribution in [0.4, 0.5) is 5.69 Å². The number of carbonyl (C=O) groups is 1. The third-order valence-corrected chi connectivity index (χ3v) is 6.14. The first-order chi connectivity index (χ1) is 13.4. The van der Waals surface area contributed by atoms with E-state index in [9.17, 15) is 10.1 Å². The van der Waals surface area contributed by atoms with E-state index in [2.05, 4.69) is 11.1 Å². The maximum Gasteiger partial charge on any atom is 0.269 e. The van der Waals surface area contributed by atoms with Crippen LogP contribution >= 0.6 is 35.3 Å². The number of rotatable bonds is 5. The SMILES string of the molecule is CSc1ccc(/C=C(\C#N)C(=O)N(c2ccc3[nH]c(=S)sc3c2)C(C)C)cc1. The van der Waals surface area contributed by atoms with Crippen LogP contribution in [-0.2, 0) is 4.79 Å². The molecule has 7 heteroatoms. The van der Waals surface area contributed by atoms with Crippen molar-refractivity contribution >= 4 is 63.2 Å². The molecule has 0 aliphatic carbocycles. The highest BCUT2D eigenvalue weighted by atomic mass is 32.2. The number of hydrogen-bond donors (Lipinski definition) is 1. The lowest BCUT2D eigenvalue weighted by molar-refractivity contribution is -0.115. The van der Waals surface area contributed by atoms with Crippen molar-refractivity contribution in [1.29, 1.82) is 5.26 Å². The molecule has 0 bridgehead atoms. The number of hydrogen-bond acceptors (Lipinski definition) is 5. The molecule has 2 aromatic carbocycles. The topological polar surface area (TPSA) is 59.9 Å². The third kappa shape index (κ3) is 4.36. The summed E-state index contributed by atoms with van der Waals surface area (Å²) < 4.78 is 1.68. The number of nitriles is 1. The van der Waals surface area contributed by atoms with Gasteiger partial charge in [-0.05, 0) is 74.3 Å². The summed E-state index contributed by atoms with van der Waals surface area (Å²) in [5.74, 6) is -0.315. The Kier molecular flexibility index (Phi) is 6.35. The van der Waals surface area contributed by atoms with E-state index in [4.69, 9.17) is 12.2 Å². The highest BCUT2D eigenvalue weighted by Gasteiger charge is 2.23. The molecule has 0 saturated carbocycles. The van der Waals surface area contributed by atoms with Crippen LogP contribution in [0.2, 0.25) is 0 Å². The van der Waals surface area contributed by atoms with Crippen molar-refractivity contribution in [3.8, 4) is 6.07 Å². The molecule has 142 valence electrons. The largest absolute Gasteiger partial charge is 0.337 e. The standard InChI is InChI=1S/C21H19N3OS3/c1-13(2)24(16-6-9-18-19(11-16)28-21(26)23-18)20(25)15(12-22)10-14-4-7-17(27-3)8-5-14/h4-11,13H,1-3H3,(H,23,26)/b15-10+. The Hall–Kier alpha value is -2.40. The zero-order valence-electron chi connectivity index (χ0n) is 15.7. The normalized spacial score (nSPS) is 11.6. The van der Waals surface area contributed by atoms with Gasteiger partial charge in [-0.25, -0.2) is 0 Å². The molecular weight excluding hydrogens is 406 g/mol. The zero-order chi connectivity index (χ0) is 20.3. The monoisotopic (exact) mass is 425 g/mol. The number of carbonyl (C=O) groups excluding carboxylic acids is 1. The van der Waals surface area contributed by atoms with Gasteiger partial charge in [-0.2, -0.15) is 5.26 Å². The van der Waals surface area contributed by atoms with Gasteiger partial charge in [0, 0.05) is 16.6 Å². The minimum absolute atomic E-state index is 0.104. The summed E-state index contributed by atoms with van der Waals surface area (Å²) in [6.07, 6.45) is 3.65. The summed E-state index contributed by atoms with van der Waals surface area (Å²) in [7, 11) is 0. The second kappa shape index (κ2) is 8.74. The van der Waals surface area contributed by atoms with Gasteiger partial charge >= 0.3 is 0 Å². The van der Waals surface area contributed by atoms with Gasteiger partial charge in [-0.1, -0.05) is 12.1 Å². The van der Waals surface area contributed by atoms with Crippen molar-refractivity contribution < 1.29 is 4.79 Å². The second-order valence-electron chi connectivity index (χ2n) is 6.41. The van der Waals surface area contributed by atoms with Gasteiger partial charge in [0.15, 0.2) is 3.95 Å². The highest BCUT2D eigenvalue weighted by Crippen LogP contribution is 2.28. The lowest BCUT2D eigenvalue weighted by atomic mass is 10.1. The average Bonchev–Trinajstić information content (AvgIpc) is 3.05. The van der Waals surface area contributed by atoms with E-state index in [1.165, 1.54) is 11.3 Å². The van der Waals surface area contributed by atoms with Crippen molar-refractivity contribution in [2.45, 2.75) is 24.8 Å². The van der Waals surface area contributed by atoms with Crippen LogP contribution in [-0.4, -0.2) is 23.2 Å². The number of aromatic nitrogens is 1. The number of benzene rings is 2. The fourth-order valence-electron chi connectivity index (χ4n) is 2.87. The summed E-state index contributed by atoms with van der Waals surface area (Å²) >= 11 is 8.32. The van der Waals surface area contributed by atoms with Crippen LogP contribution in [0.25, 0.3) is 16.3 Å². The number of thioether (sulfide) groups is 1. The Balaban J connectivity index is 1.98. The van der Waals surface area contributed by atoms with Gasteiger partial charge in [-0.15, -0.1) is 23.1 Å². The molecule has 3 rings (SSSR count). The van der Waals surface area contributed by atoms with Crippen molar-refractivity contribution in [3.63, 3.8) is 0 Å². The summed E-state index contributed by atoms with van der Waals surface area (Å²) in [5, 5.41) is 9.62. The summed E-state index contributed by atoms with van der Waals surface area (Å²) in [6, 6.07) is 15.5. The van der Waals surface area contributed by atoms with E-state index in [0.717, 1.165) is 26.4 Å². The first-order valence-corrected chi connectivity index (χ1v) is 11.1. The number of amides is 1. The van der Waals surface area contributed by atoms with Crippen LogP contribution < -0.4 is 4.90 Å². The van der Waals surface area contributed by atoms with Gasteiger partial charge in [0.05, 0.1) is 10.2 Å². The second-order valence-corrected chi connectivity index (χ2v) is 9.01. The number of H-pyrrole nitrogens is 1. The van der Waals surface area contributed by atoms with Gasteiger partial charge in [0.1, 0.15) is 11.6 Å². The fraction of sp³-hybridized carbons (Fsp3) is 0.190. The Morgan fingerprint density at radius 1 is 1.29 bits per heavy atom. The number of thiazole rings is 1. The van der Waals surface area contributed by atoms with Gasteiger partial charge < -0.3 is 9.88 Å². The molecule has 28 heavy (non-hydrogen) atoms. The van der Waals surface area contributed by atoms with E-state index in [1.54, 1.807) is 22.7 Å². The minimum Gasteiger partial charge on any atom is -0.337 e. The van der Waals surface area contributed by atoms with Crippen molar-refractivity contribution in [2.75, 3.05) is 11.2 Å². The predicted octanol–water partition coefficient (Wildman–Crippen LogP) is 6.03. The molecule has 0 unspecified atom stereocenters. The Bertz CT molecular complexity index is 1130. The smallest absolute Gasteiger partial charge is 0.269 e. The zero-order valence-corrected chi connectivity index (χ0v) is 18.2. The molecule has 1 aromatic heterocycles. The van der Waals surface area contributed by atoms with Crippen molar-refractivity contribution in [1.82, 2.24) is 4.98 Å². The van der Waals surface area contributed by atoms with Crippen LogP contribution in [0.1, 0.15) is 19.4 Å². The van der Waals surface area contributed by atoms with E-state index in [1.807, 2.05) is 62.6 Å². The fourth-order valence-corrected chi connectivity index (χ4v) is 4.43. The van der Waals surface area contributed by atoms with Gasteiger partial charge in [0.25, 0.3) is 5.91 Å². The van der Waals surface area contributed by atoms with E-state index in [-0.39, 0.29) is 17.5 Å². The van der Waals surface area contributed by atoms with E-state index < -0.39 is 0 Å². The molecule has 1 heterocycles. The van der Waals surface area contributed by atoms with Crippen molar-refractivity contribution in [3.05, 3.63) is 57.6 Å². The van der Waals surface area contributed by atoms with Crippen LogP contribution in [0.3, 0.4) is 0 Å². The van der Waals surface area contributed by atoms with Crippen LogP contribution in [0.15, 0.2) is 52.9 Å². The Morgan fingerprint density at radius 2 is 2.00 bits per heavy atom. The molecule has 0 atom stereocenters. The number of nitrogens with zero attached hydrogens (tertiary/aromatic N) is 2. The average molecular weight is 426 g/mol. The molecule has 0 aliphatic heterocycles. The van der Waals surface area contributed by atoms with Gasteiger partial charge in [-0.3, -0.25) is 4.79 Å². The summed E-state index contributed by atoms with van der Waals surface area (Å²) in [6.45, 7) is 3.87. The quantitative estimate of drug-likeness (QED) is 0.235. The molecule has 1 amide bonds. The maximum absolute atomic E-state index is 13.2. The highest BCUT2D eigenvalue weighted by molar-refractivity contribution is 7.98. The minimum atomic E-state index is -0.315. The lowest BCUT2D eigenvalue weighted by Gasteiger charge is -2.26. The molecule has 4 nitrogen and oxygen atoms in total. The molecule has 1 N–H and O–H groups in total. The number of aromatic amines is 1. The van der Waals surface area contributed by atoms with Crippen LogP contribution in [0, 0.1) is 15.3 Å². The maximum atomic E-state index is 13.2. The number of fused-ring (bicyclic) bond motifs is 1. The molecule has 0 saturated heterocycles. The molecule has 0 spiro atoms. The molecule has 0 fully saturated rings. The first kappa shape index (κ1) is 20.3. The molecule has 0 aliphatic rings. The van der Waals surface area contributed by atoms with E-state index in [0.29, 0.717) is 3.95 Å². The summed E-state index contributed by atoms with van der Waals surface area (Å²) in [5.41, 5.74) is 2.62. The predicted molar refractivity (Wildman–Crippen MR) is 121 cm³/mol. The van der Waals surface area contributed by atoms with Crippen molar-refractivity contribution in [2.24, 2.45) is 0 Å². The summed E-state index contributed by atoms with van der Waals surface area (Å²) in [4.78, 5) is 19.1. The number of nitrogens with one attached hydrogen (secondary N) is 1. The lowest BCUT2D eigenvalue weighted by Crippen LogP contribution is -2.37. The molecule has 3 aromatic rings. The Labute approximate surface area is 177 Å².